The monoisotopic (exact) mass is 452 g/mol. The van der Waals surface area contributed by atoms with E-state index in [4.69, 9.17) is 5.41 Å². The van der Waals surface area contributed by atoms with Gasteiger partial charge in [-0.15, -0.1) is 0 Å². The minimum Gasteiger partial charge on any atom is -0.304 e. The van der Waals surface area contributed by atoms with Gasteiger partial charge in [-0.1, -0.05) is 6.07 Å². The van der Waals surface area contributed by atoms with E-state index in [9.17, 15) is 12.3 Å². The number of allylic oxidation sites excluding steroid dienone is 4. The standard InChI is InChI=1S/C18H15FIN3O2/c1-9(19)8-12-10(2)16(21)15(18(12)24)13-7-6-11-4-3-5-14(23-20-25)17(11)22-13/h3-8,15,21H,1-2H3,(H,23,25)/p+1/b9-8+,21-16?. The molecule has 128 valence electrons. The van der Waals surface area contributed by atoms with Crippen molar-refractivity contribution in [3.8, 4) is 0 Å². The minimum absolute atomic E-state index is 0.162. The summed E-state index contributed by atoms with van der Waals surface area (Å²) in [5, 5.41) is 9.18. The summed E-state index contributed by atoms with van der Waals surface area (Å²) < 4.78 is 27.1. The van der Waals surface area contributed by atoms with Crippen LogP contribution in [0.15, 0.2) is 53.4 Å². The van der Waals surface area contributed by atoms with E-state index in [1.54, 1.807) is 19.1 Å². The molecular weight excluding hydrogens is 436 g/mol. The van der Waals surface area contributed by atoms with Gasteiger partial charge in [-0.3, -0.25) is 8.32 Å². The summed E-state index contributed by atoms with van der Waals surface area (Å²) in [6, 6.07) is 9.15. The molecule has 1 aliphatic rings. The molecule has 1 atom stereocenters. The predicted molar refractivity (Wildman–Crippen MR) is 102 cm³/mol. The average Bonchev–Trinajstić information content (AvgIpc) is 2.78. The topological polar surface area (TPSA) is 84.2 Å². The molecule has 3 N–H and O–H groups in total. The van der Waals surface area contributed by atoms with Gasteiger partial charge in [0, 0.05) is 17.0 Å². The Labute approximate surface area is 154 Å². The molecule has 1 heterocycles. The number of ketones is 1. The molecule has 25 heavy (non-hydrogen) atoms. The molecule has 0 aliphatic heterocycles. The average molecular weight is 452 g/mol. The van der Waals surface area contributed by atoms with Crippen LogP contribution in [0.1, 0.15) is 25.5 Å². The zero-order chi connectivity index (χ0) is 18.1. The molecule has 0 saturated carbocycles. The molecule has 1 unspecified atom stereocenters. The van der Waals surface area contributed by atoms with Crippen LogP contribution in [-0.4, -0.2) is 11.5 Å². The molecule has 1 aliphatic carbocycles. The van der Waals surface area contributed by atoms with Crippen molar-refractivity contribution in [1.29, 1.82) is 5.41 Å². The second-order valence-electron chi connectivity index (χ2n) is 5.84. The van der Waals surface area contributed by atoms with E-state index < -0.39 is 33.2 Å². The number of aromatic nitrogens is 1. The van der Waals surface area contributed by atoms with Crippen LogP contribution in [0.3, 0.4) is 0 Å². The number of H-pyrrole nitrogens is 1. The van der Waals surface area contributed by atoms with Crippen LogP contribution in [0, 0.1) is 5.41 Å². The van der Waals surface area contributed by atoms with Crippen molar-refractivity contribution in [1.82, 2.24) is 0 Å². The van der Waals surface area contributed by atoms with Crippen LogP contribution in [0.4, 0.5) is 10.1 Å². The maximum absolute atomic E-state index is 13.3. The summed E-state index contributed by atoms with van der Waals surface area (Å²) >= 11 is -1.40. The van der Waals surface area contributed by atoms with Crippen LogP contribution >= 0.6 is 21.5 Å². The van der Waals surface area contributed by atoms with Gasteiger partial charge < -0.3 is 5.41 Å². The lowest BCUT2D eigenvalue weighted by molar-refractivity contribution is -0.356. The summed E-state index contributed by atoms with van der Waals surface area (Å²) in [6.45, 7) is 2.93. The number of Topliss-reactive ketones (excluding diaryl/α,β-unsaturated/α-hetero) is 1. The number of benzene rings is 1. The van der Waals surface area contributed by atoms with Crippen LogP contribution in [0.25, 0.3) is 10.9 Å². The highest BCUT2D eigenvalue weighted by atomic mass is 127. The van der Waals surface area contributed by atoms with Gasteiger partial charge in [-0.05, 0) is 43.7 Å². The molecule has 0 bridgehead atoms. The molecule has 3 rings (SSSR count). The number of hydrogen-bond donors (Lipinski definition) is 2. The van der Waals surface area contributed by atoms with Crippen LogP contribution in [-0.2, 0) is 7.86 Å². The number of nitrogens with one attached hydrogen (secondary N) is 3. The van der Waals surface area contributed by atoms with Gasteiger partial charge >= 0.3 is 0 Å². The van der Waals surface area contributed by atoms with Crippen molar-refractivity contribution in [3.63, 3.8) is 0 Å². The highest BCUT2D eigenvalue weighted by Crippen LogP contribution is 2.33. The Morgan fingerprint density at radius 1 is 1.36 bits per heavy atom. The largest absolute Gasteiger partial charge is 0.304 e. The molecule has 5 nitrogen and oxygen atoms in total. The van der Waals surface area contributed by atoms with Gasteiger partial charge in [0.2, 0.25) is 5.52 Å². The second-order valence-corrected chi connectivity index (χ2v) is 6.82. The predicted octanol–water partition coefficient (Wildman–Crippen LogP) is 4.17. The smallest absolute Gasteiger partial charge is 0.270 e. The SMILES string of the molecule is CC1=C(/C=C(\C)F)C(=O)C(c2ccc3cccc(NI=O)c3[nH+]2)C1=N. The second kappa shape index (κ2) is 6.91. The summed E-state index contributed by atoms with van der Waals surface area (Å²) in [7, 11) is 0. The fourth-order valence-electron chi connectivity index (χ4n) is 3.01. The fraction of sp³-hybridized carbons (Fsp3) is 0.167. The van der Waals surface area contributed by atoms with Crippen molar-refractivity contribution < 1.29 is 17.2 Å². The van der Waals surface area contributed by atoms with E-state index in [0.29, 0.717) is 17.0 Å². The van der Waals surface area contributed by atoms with Crippen LogP contribution < -0.4 is 8.51 Å². The zero-order valence-electron chi connectivity index (χ0n) is 13.6. The summed E-state index contributed by atoms with van der Waals surface area (Å²) in [5.74, 6) is -1.55. The van der Waals surface area contributed by atoms with Crippen LogP contribution in [0.5, 0.6) is 0 Å². The van der Waals surface area contributed by atoms with Gasteiger partial charge in [-0.25, -0.2) is 12.4 Å². The van der Waals surface area contributed by atoms with Gasteiger partial charge in [0.05, 0.1) is 11.5 Å². The van der Waals surface area contributed by atoms with E-state index in [0.717, 1.165) is 10.9 Å². The lowest BCUT2D eigenvalue weighted by Crippen LogP contribution is -2.24. The third-order valence-electron chi connectivity index (χ3n) is 4.23. The fourth-order valence-corrected chi connectivity index (χ4v) is 3.70. The molecule has 7 heteroatoms. The van der Waals surface area contributed by atoms with E-state index in [-0.39, 0.29) is 17.1 Å². The van der Waals surface area contributed by atoms with Gasteiger partial charge in [-0.2, -0.15) is 0 Å². The molecule has 0 fully saturated rings. The highest BCUT2D eigenvalue weighted by molar-refractivity contribution is 14.1. The summed E-state index contributed by atoms with van der Waals surface area (Å²) in [6.07, 6.45) is 1.18. The number of carbonyl (C=O) groups is 1. The Kier molecular flexibility index (Phi) is 4.85. The molecule has 2 aromatic rings. The Balaban J connectivity index is 2.10. The molecule has 1 aromatic carbocycles. The van der Waals surface area contributed by atoms with Gasteiger partial charge in [0.15, 0.2) is 11.5 Å². The third kappa shape index (κ3) is 3.15. The number of fused-ring (bicyclic) bond motifs is 1. The number of halogens is 2. The van der Waals surface area contributed by atoms with Crippen molar-refractivity contribution in [2.45, 2.75) is 19.8 Å². The van der Waals surface area contributed by atoms with Crippen molar-refractivity contribution in [2.75, 3.05) is 3.53 Å². The molecule has 0 spiro atoms. The lowest BCUT2D eigenvalue weighted by atomic mass is 9.96. The Morgan fingerprint density at radius 2 is 2.12 bits per heavy atom. The maximum atomic E-state index is 13.3. The van der Waals surface area contributed by atoms with Crippen molar-refractivity contribution >= 4 is 49.6 Å². The quantitative estimate of drug-likeness (QED) is 0.540. The van der Waals surface area contributed by atoms with E-state index in [1.807, 2.05) is 18.2 Å². The highest BCUT2D eigenvalue weighted by Gasteiger charge is 2.40. The minimum atomic E-state index is -1.40. The molecular formula is C18H16FIN3O2+. The Hall–Kier alpha value is -2.29. The molecule has 1 aromatic heterocycles. The first-order valence-electron chi connectivity index (χ1n) is 7.58. The maximum Gasteiger partial charge on any atom is 0.270 e. The number of rotatable bonds is 4. The first kappa shape index (κ1) is 17.5. The number of hydrogen-bond acceptors (Lipinski definition) is 3. The molecule has 0 amide bonds. The van der Waals surface area contributed by atoms with Crippen LogP contribution in [0.2, 0.25) is 0 Å². The Bertz CT molecular complexity index is 977. The van der Waals surface area contributed by atoms with E-state index >= 15 is 0 Å². The summed E-state index contributed by atoms with van der Waals surface area (Å²) in [5.41, 5.74) is 2.84. The van der Waals surface area contributed by atoms with Crippen molar-refractivity contribution in [2.24, 2.45) is 0 Å². The van der Waals surface area contributed by atoms with Crippen molar-refractivity contribution in [3.05, 3.63) is 59.1 Å². The number of para-hydroxylation sites is 1. The normalized spacial score (nSPS) is 18.4. The number of anilines is 1. The molecule has 0 radical (unpaired) electrons. The first-order chi connectivity index (χ1) is 11.9. The lowest BCUT2D eigenvalue weighted by Gasteiger charge is -2.07. The zero-order valence-corrected chi connectivity index (χ0v) is 15.8. The summed E-state index contributed by atoms with van der Waals surface area (Å²) in [4.78, 5) is 15.9. The number of pyridine rings is 1. The first-order valence-corrected chi connectivity index (χ1v) is 9.54. The number of carbonyl (C=O) groups excluding carboxylic acids is 1. The van der Waals surface area contributed by atoms with Gasteiger partial charge in [0.1, 0.15) is 11.6 Å². The molecule has 0 saturated heterocycles. The number of aromatic amines is 1. The van der Waals surface area contributed by atoms with E-state index in [1.165, 1.54) is 13.0 Å². The van der Waals surface area contributed by atoms with Gasteiger partial charge in [0.25, 0.3) is 21.5 Å². The van der Waals surface area contributed by atoms with E-state index in [2.05, 4.69) is 8.51 Å². The Morgan fingerprint density at radius 3 is 2.80 bits per heavy atom. The third-order valence-corrected chi connectivity index (χ3v) is 5.03.